The van der Waals surface area contributed by atoms with E-state index in [1.54, 1.807) is 51.1 Å². The number of carbonyl (C=O) groups excluding carboxylic acids is 2. The van der Waals surface area contributed by atoms with Crippen molar-refractivity contribution < 1.29 is 19.2 Å². The number of hydrogen-bond donors (Lipinski definition) is 4. The Labute approximate surface area is 222 Å². The molecule has 0 saturated carbocycles. The number of nitrogen functional groups attached to an aromatic ring is 1. The predicted octanol–water partition coefficient (Wildman–Crippen LogP) is 4.42. The third-order valence-corrected chi connectivity index (χ3v) is 5.83. The van der Waals surface area contributed by atoms with Crippen LogP contribution in [-0.4, -0.2) is 42.9 Å². The maximum Gasteiger partial charge on any atom is 0.341 e. The van der Waals surface area contributed by atoms with Crippen LogP contribution in [0.1, 0.15) is 38.8 Å². The zero-order chi connectivity index (χ0) is 27.1. The van der Waals surface area contributed by atoms with Gasteiger partial charge in [0.05, 0.1) is 29.4 Å². The Morgan fingerprint density at radius 3 is 2.42 bits per heavy atom. The Kier molecular flexibility index (Phi) is 9.92. The van der Waals surface area contributed by atoms with E-state index in [0.29, 0.717) is 22.0 Å². The molecule has 0 heterocycles. The number of carbonyl (C=O) groups is 2. The highest BCUT2D eigenvalue weighted by molar-refractivity contribution is 7.80. The van der Waals surface area contributed by atoms with Crippen molar-refractivity contribution in [2.24, 2.45) is 5.41 Å². The molecule has 0 spiro atoms. The van der Waals surface area contributed by atoms with Gasteiger partial charge in [0.2, 0.25) is 0 Å². The number of esters is 1. The van der Waals surface area contributed by atoms with Crippen LogP contribution in [0.3, 0.4) is 0 Å². The number of nitrogens with two attached hydrogens (primary N) is 1. The van der Waals surface area contributed by atoms with E-state index in [1.165, 1.54) is 14.2 Å². The van der Waals surface area contributed by atoms with E-state index in [2.05, 4.69) is 16.0 Å². The van der Waals surface area contributed by atoms with Gasteiger partial charge in [-0.2, -0.15) is 0 Å². The van der Waals surface area contributed by atoms with Gasteiger partial charge in [0.1, 0.15) is 6.61 Å². The zero-order valence-corrected chi connectivity index (χ0v) is 23.0. The van der Waals surface area contributed by atoms with Crippen LogP contribution in [-0.2, 0) is 26.5 Å². The lowest BCUT2D eigenvalue weighted by atomic mass is 9.92. The summed E-state index contributed by atoms with van der Waals surface area (Å²) in [4.78, 5) is 29.3. The average Bonchev–Trinajstić information content (AvgIpc) is 2.81. The normalized spacial score (nSPS) is 12.8. The predicted molar refractivity (Wildman–Crippen MR) is 146 cm³/mol. The van der Waals surface area contributed by atoms with Gasteiger partial charge in [-0.15, -0.1) is 0 Å². The number of anilines is 2. The van der Waals surface area contributed by atoms with Gasteiger partial charge < -0.3 is 26.4 Å². The standard InChI is InChI=1S/C25H34ClN5O4S/c1-24(2,3)21(32)35-15-25(4,17-10-8-11-18(26)13-17)30-22(36)29-19-12-7-9-16(20(19)27)14-28-23(33)31(5)34-6/h7-13H,14-15,27H2,1-6H3,(H,28,33)(H2,29,30,36). The van der Waals surface area contributed by atoms with Crippen LogP contribution >= 0.6 is 23.8 Å². The maximum absolute atomic E-state index is 12.5. The van der Waals surface area contributed by atoms with Crippen molar-refractivity contribution in [1.82, 2.24) is 15.7 Å². The van der Waals surface area contributed by atoms with Crippen molar-refractivity contribution in [3.05, 3.63) is 58.6 Å². The Morgan fingerprint density at radius 2 is 1.81 bits per heavy atom. The topological polar surface area (TPSA) is 118 Å². The largest absolute Gasteiger partial charge is 0.462 e. The Hall–Kier alpha value is -3.08. The number of halogens is 1. The van der Waals surface area contributed by atoms with Crippen molar-refractivity contribution >= 4 is 52.3 Å². The van der Waals surface area contributed by atoms with Crippen LogP contribution in [0.2, 0.25) is 5.02 Å². The molecular formula is C25H34ClN5O4S. The summed E-state index contributed by atoms with van der Waals surface area (Å²) in [6.45, 7) is 7.44. The lowest BCUT2D eigenvalue weighted by Gasteiger charge is -2.33. The second-order valence-electron chi connectivity index (χ2n) is 9.46. The fourth-order valence-corrected chi connectivity index (χ4v) is 3.62. The number of amides is 2. The van der Waals surface area contributed by atoms with Crippen LogP contribution in [0, 0.1) is 5.41 Å². The lowest BCUT2D eigenvalue weighted by Crippen LogP contribution is -2.49. The Morgan fingerprint density at radius 1 is 1.14 bits per heavy atom. The van der Waals surface area contributed by atoms with E-state index in [0.717, 1.165) is 10.6 Å². The summed E-state index contributed by atoms with van der Waals surface area (Å²) in [5, 5.41) is 10.9. The summed E-state index contributed by atoms with van der Waals surface area (Å²) >= 11 is 11.8. The summed E-state index contributed by atoms with van der Waals surface area (Å²) in [5.74, 6) is -0.338. The van der Waals surface area contributed by atoms with Gasteiger partial charge in [0.15, 0.2) is 5.11 Å². The zero-order valence-electron chi connectivity index (χ0n) is 21.4. The van der Waals surface area contributed by atoms with Crippen molar-refractivity contribution in [2.45, 2.75) is 39.8 Å². The number of nitrogens with zero attached hydrogens (tertiary/aromatic N) is 1. The monoisotopic (exact) mass is 535 g/mol. The SMILES string of the molecule is CON(C)C(=O)NCc1cccc(NC(=S)NC(C)(COC(=O)C(C)(C)C)c2cccc(Cl)c2)c1N. The van der Waals surface area contributed by atoms with Gasteiger partial charge >= 0.3 is 12.0 Å². The molecule has 11 heteroatoms. The van der Waals surface area contributed by atoms with E-state index in [-0.39, 0.29) is 24.2 Å². The number of nitrogens with one attached hydrogen (secondary N) is 3. The molecule has 0 aliphatic carbocycles. The second-order valence-corrected chi connectivity index (χ2v) is 10.3. The summed E-state index contributed by atoms with van der Waals surface area (Å²) in [6, 6.07) is 12.2. The summed E-state index contributed by atoms with van der Waals surface area (Å²) in [5.41, 5.74) is 7.24. The van der Waals surface area contributed by atoms with Crippen LogP contribution in [0.4, 0.5) is 16.2 Å². The molecule has 0 bridgehead atoms. The summed E-state index contributed by atoms with van der Waals surface area (Å²) in [7, 11) is 2.89. The highest BCUT2D eigenvalue weighted by atomic mass is 35.5. The third-order valence-electron chi connectivity index (χ3n) is 5.39. The molecule has 0 aromatic heterocycles. The number of rotatable bonds is 8. The fourth-order valence-electron chi connectivity index (χ4n) is 3.10. The van der Waals surface area contributed by atoms with Crippen LogP contribution in [0.15, 0.2) is 42.5 Å². The molecule has 2 amide bonds. The minimum Gasteiger partial charge on any atom is -0.462 e. The number of ether oxygens (including phenoxy) is 1. The maximum atomic E-state index is 12.5. The first-order valence-electron chi connectivity index (χ1n) is 11.2. The number of benzene rings is 2. The molecule has 0 aliphatic heterocycles. The molecule has 1 unspecified atom stereocenters. The molecule has 2 rings (SSSR count). The van der Waals surface area contributed by atoms with E-state index < -0.39 is 17.0 Å². The van der Waals surface area contributed by atoms with Crippen molar-refractivity contribution in [1.29, 1.82) is 0 Å². The molecule has 2 aromatic rings. The van der Waals surface area contributed by atoms with Crippen LogP contribution < -0.4 is 21.7 Å². The fraction of sp³-hybridized carbons (Fsp3) is 0.400. The lowest BCUT2D eigenvalue weighted by molar-refractivity contribution is -0.155. The van der Waals surface area contributed by atoms with Gasteiger partial charge in [0.25, 0.3) is 0 Å². The van der Waals surface area contributed by atoms with E-state index in [1.807, 2.05) is 19.1 Å². The van der Waals surface area contributed by atoms with Gasteiger partial charge in [-0.05, 0) is 69.2 Å². The first-order valence-corrected chi connectivity index (χ1v) is 12.0. The number of hydroxylamine groups is 2. The van der Waals surface area contributed by atoms with Crippen molar-refractivity contribution in [3.8, 4) is 0 Å². The van der Waals surface area contributed by atoms with E-state index in [4.69, 9.17) is 39.1 Å². The molecule has 5 N–H and O–H groups in total. The minimum atomic E-state index is -0.888. The van der Waals surface area contributed by atoms with Gasteiger partial charge in [-0.1, -0.05) is 35.9 Å². The highest BCUT2D eigenvalue weighted by Gasteiger charge is 2.32. The van der Waals surface area contributed by atoms with Gasteiger partial charge in [0, 0.05) is 18.6 Å². The molecule has 9 nitrogen and oxygen atoms in total. The molecule has 1 atom stereocenters. The molecule has 196 valence electrons. The number of urea groups is 1. The molecule has 0 saturated heterocycles. The Bertz CT molecular complexity index is 1110. The second kappa shape index (κ2) is 12.2. The van der Waals surface area contributed by atoms with E-state index in [9.17, 15) is 9.59 Å². The first-order chi connectivity index (χ1) is 16.8. The summed E-state index contributed by atoms with van der Waals surface area (Å²) < 4.78 is 5.63. The number of thiocarbonyl (C=S) groups is 1. The Balaban J connectivity index is 2.20. The number of para-hydroxylation sites is 1. The van der Waals surface area contributed by atoms with E-state index >= 15 is 0 Å². The number of hydrogen-bond acceptors (Lipinski definition) is 6. The van der Waals surface area contributed by atoms with Crippen LogP contribution in [0.5, 0.6) is 0 Å². The van der Waals surface area contributed by atoms with Crippen molar-refractivity contribution in [3.63, 3.8) is 0 Å². The minimum absolute atomic E-state index is 0.0137. The van der Waals surface area contributed by atoms with Crippen molar-refractivity contribution in [2.75, 3.05) is 31.8 Å². The quantitative estimate of drug-likeness (QED) is 0.170. The summed E-state index contributed by atoms with van der Waals surface area (Å²) in [6.07, 6.45) is 0. The average molecular weight is 536 g/mol. The van der Waals surface area contributed by atoms with Gasteiger partial charge in [-0.3, -0.25) is 9.63 Å². The molecule has 36 heavy (non-hydrogen) atoms. The van der Waals surface area contributed by atoms with Crippen LogP contribution in [0.25, 0.3) is 0 Å². The highest BCUT2D eigenvalue weighted by Crippen LogP contribution is 2.27. The first kappa shape index (κ1) is 29.2. The molecule has 0 radical (unpaired) electrons. The molecule has 0 aliphatic rings. The molecular weight excluding hydrogens is 502 g/mol. The third kappa shape index (κ3) is 7.97. The molecule has 0 fully saturated rings. The van der Waals surface area contributed by atoms with Gasteiger partial charge in [-0.25, -0.2) is 9.86 Å². The smallest absolute Gasteiger partial charge is 0.341 e. The molecule has 2 aromatic carbocycles.